The Morgan fingerprint density at radius 2 is 1.57 bits per heavy atom. The zero-order valence-corrected chi connectivity index (χ0v) is 11.6. The molecule has 1 aromatic carbocycles. The molecular weight excluding hydrogens is 352 g/mol. The quantitative estimate of drug-likeness (QED) is 0.366. The second kappa shape index (κ2) is 5.72. The van der Waals surface area contributed by atoms with Crippen LogP contribution in [-0.4, -0.2) is 18.9 Å². The van der Waals surface area contributed by atoms with E-state index in [1.807, 2.05) is 0 Å². The number of aromatic nitrogens is 1. The van der Waals surface area contributed by atoms with Crippen LogP contribution in [0.15, 0.2) is 30.5 Å². The van der Waals surface area contributed by atoms with Crippen LogP contribution in [0.2, 0.25) is 0 Å². The van der Waals surface area contributed by atoms with Crippen molar-refractivity contribution >= 4 is 10.1 Å². The number of rotatable bonds is 3. The van der Waals surface area contributed by atoms with Crippen LogP contribution in [0.4, 0.5) is 26.3 Å². The minimum absolute atomic E-state index is 0.202. The third-order valence-corrected chi connectivity index (χ3v) is 3.50. The average molecular weight is 357 g/mol. The lowest BCUT2D eigenvalue weighted by Crippen LogP contribution is -2.28. The molecule has 124 valence electrons. The highest BCUT2D eigenvalue weighted by molar-refractivity contribution is 7.88. The Morgan fingerprint density at radius 3 is 2.00 bits per heavy atom. The van der Waals surface area contributed by atoms with Crippen molar-refractivity contribution in [1.29, 1.82) is 0 Å². The van der Waals surface area contributed by atoms with Crippen molar-refractivity contribution in [3.63, 3.8) is 0 Å². The van der Waals surface area contributed by atoms with Crippen LogP contribution in [0, 0.1) is 17.6 Å². The molecule has 11 heteroatoms. The Kier molecular flexibility index (Phi) is 4.24. The first-order valence-electron chi connectivity index (χ1n) is 5.63. The first-order valence-corrected chi connectivity index (χ1v) is 7.04. The lowest BCUT2D eigenvalue weighted by atomic mass is 10.1. The smallest absolute Gasteiger partial charge is 0.376 e. The predicted octanol–water partition coefficient (Wildman–Crippen LogP) is 3.39. The fourth-order valence-corrected chi connectivity index (χ4v) is 2.02. The highest BCUT2D eigenvalue weighted by Gasteiger charge is 2.48. The van der Waals surface area contributed by atoms with Gasteiger partial charge in [0.15, 0.2) is 0 Å². The van der Waals surface area contributed by atoms with E-state index in [-0.39, 0.29) is 17.7 Å². The van der Waals surface area contributed by atoms with Crippen molar-refractivity contribution in [2.24, 2.45) is 0 Å². The van der Waals surface area contributed by atoms with Gasteiger partial charge < -0.3 is 4.18 Å². The van der Waals surface area contributed by atoms with Crippen molar-refractivity contribution in [2.75, 3.05) is 0 Å². The summed E-state index contributed by atoms with van der Waals surface area (Å²) in [6.07, 6.45) is 0.795. The van der Waals surface area contributed by atoms with E-state index in [0.29, 0.717) is 0 Å². The molecule has 0 atom stereocenters. The molecule has 0 aliphatic heterocycles. The van der Waals surface area contributed by atoms with E-state index < -0.39 is 44.5 Å². The summed E-state index contributed by atoms with van der Waals surface area (Å²) in [5.41, 5.74) is -6.68. The highest BCUT2D eigenvalue weighted by Crippen LogP contribution is 2.32. The number of halogens is 6. The Balaban J connectivity index is 2.44. The normalized spacial score (nSPS) is 12.3. The molecule has 4 nitrogen and oxygen atoms in total. The zero-order chi connectivity index (χ0) is 17.4. The van der Waals surface area contributed by atoms with Crippen molar-refractivity contribution in [1.82, 2.24) is 4.98 Å². The van der Waals surface area contributed by atoms with Gasteiger partial charge in [0.25, 0.3) is 0 Å². The Hall–Kier alpha value is -2.30. The summed E-state index contributed by atoms with van der Waals surface area (Å²) in [4.78, 5) is 3.18. The molecular formula is C12H5F6NO3S. The highest BCUT2D eigenvalue weighted by atomic mass is 32.2. The second-order valence-electron chi connectivity index (χ2n) is 4.11. The topological polar surface area (TPSA) is 56.3 Å². The van der Waals surface area contributed by atoms with Gasteiger partial charge in [0.1, 0.15) is 17.4 Å². The molecule has 0 aliphatic carbocycles. The summed E-state index contributed by atoms with van der Waals surface area (Å²) < 4.78 is 102. The number of hydrogen-bond donors (Lipinski definition) is 0. The van der Waals surface area contributed by atoms with Gasteiger partial charge >= 0.3 is 15.6 Å². The minimum Gasteiger partial charge on any atom is -0.376 e. The van der Waals surface area contributed by atoms with E-state index in [1.54, 1.807) is 0 Å². The zero-order valence-electron chi connectivity index (χ0n) is 10.7. The molecule has 23 heavy (non-hydrogen) atoms. The molecule has 0 saturated heterocycles. The van der Waals surface area contributed by atoms with Crippen LogP contribution in [0.3, 0.4) is 0 Å². The predicted molar refractivity (Wildman–Crippen MR) is 65.1 cm³/mol. The average Bonchev–Trinajstić information content (AvgIpc) is 2.38. The Labute approximate surface area is 125 Å². The van der Waals surface area contributed by atoms with Crippen molar-refractivity contribution in [3.8, 4) is 16.9 Å². The summed E-state index contributed by atoms with van der Waals surface area (Å²) in [5.74, 6) is -4.93. The largest absolute Gasteiger partial charge is 0.534 e. The minimum atomic E-state index is -6.06. The SMILES string of the molecule is O=S(=O)(Oc1cc(F)c(-c2ccc(F)nc2)c(F)c1)C(F)(F)F. The maximum atomic E-state index is 13.9. The molecule has 0 N–H and O–H groups in total. The van der Waals surface area contributed by atoms with Gasteiger partial charge in [0.2, 0.25) is 5.95 Å². The standard InChI is InChI=1S/C12H5F6NO3S/c13-8-3-7(22-23(20,21)12(16,17)18)4-9(14)11(8)6-1-2-10(15)19-5-6/h1-5H. The van der Waals surface area contributed by atoms with E-state index in [1.165, 1.54) is 0 Å². The van der Waals surface area contributed by atoms with Gasteiger partial charge in [0.05, 0.1) is 5.56 Å². The molecule has 2 aromatic rings. The molecule has 1 aromatic heterocycles. The molecule has 0 unspecified atom stereocenters. The maximum absolute atomic E-state index is 13.9. The summed E-state index contributed by atoms with van der Waals surface area (Å²) >= 11 is 0. The molecule has 0 fully saturated rings. The first-order chi connectivity index (χ1) is 10.5. The summed E-state index contributed by atoms with van der Waals surface area (Å²) in [5, 5.41) is 0. The van der Waals surface area contributed by atoms with Gasteiger partial charge in [-0.2, -0.15) is 26.0 Å². The van der Waals surface area contributed by atoms with Crippen LogP contribution in [0.1, 0.15) is 0 Å². The third kappa shape index (κ3) is 3.55. The summed E-state index contributed by atoms with van der Waals surface area (Å²) in [7, 11) is -6.06. The van der Waals surface area contributed by atoms with Crippen LogP contribution >= 0.6 is 0 Å². The number of nitrogens with zero attached hydrogens (tertiary/aromatic N) is 1. The molecule has 1 heterocycles. The molecule has 0 amide bonds. The van der Waals surface area contributed by atoms with Gasteiger partial charge in [-0.25, -0.2) is 13.8 Å². The molecule has 0 aliphatic rings. The van der Waals surface area contributed by atoms with E-state index >= 15 is 0 Å². The van der Waals surface area contributed by atoms with Crippen LogP contribution in [0.5, 0.6) is 5.75 Å². The van der Waals surface area contributed by atoms with E-state index in [2.05, 4.69) is 9.17 Å². The Bertz CT molecular complexity index is 810. The van der Waals surface area contributed by atoms with Gasteiger partial charge in [-0.15, -0.1) is 0 Å². The number of alkyl halides is 3. The van der Waals surface area contributed by atoms with Gasteiger partial charge in [-0.1, -0.05) is 0 Å². The van der Waals surface area contributed by atoms with Crippen molar-refractivity contribution in [2.45, 2.75) is 5.51 Å². The fraction of sp³-hybridized carbons (Fsp3) is 0.0833. The van der Waals surface area contributed by atoms with E-state index in [4.69, 9.17) is 0 Å². The van der Waals surface area contributed by atoms with Gasteiger partial charge in [-0.05, 0) is 12.1 Å². The van der Waals surface area contributed by atoms with E-state index in [0.717, 1.165) is 18.3 Å². The molecule has 0 spiro atoms. The number of pyridine rings is 1. The van der Waals surface area contributed by atoms with Gasteiger partial charge in [-0.3, -0.25) is 0 Å². The van der Waals surface area contributed by atoms with Crippen molar-refractivity contribution in [3.05, 3.63) is 48.0 Å². The first kappa shape index (κ1) is 17.1. The van der Waals surface area contributed by atoms with Crippen LogP contribution < -0.4 is 4.18 Å². The monoisotopic (exact) mass is 357 g/mol. The maximum Gasteiger partial charge on any atom is 0.534 e. The van der Waals surface area contributed by atoms with Crippen LogP contribution in [0.25, 0.3) is 11.1 Å². The summed E-state index contributed by atoms with van der Waals surface area (Å²) in [6.45, 7) is 0. The van der Waals surface area contributed by atoms with Gasteiger partial charge in [0, 0.05) is 23.9 Å². The van der Waals surface area contributed by atoms with E-state index in [9.17, 15) is 34.8 Å². The molecule has 0 saturated carbocycles. The molecule has 0 radical (unpaired) electrons. The second-order valence-corrected chi connectivity index (χ2v) is 5.65. The fourth-order valence-electron chi connectivity index (χ4n) is 1.57. The van der Waals surface area contributed by atoms with Crippen molar-refractivity contribution < 1.29 is 38.9 Å². The number of hydrogen-bond acceptors (Lipinski definition) is 4. The molecule has 2 rings (SSSR count). The number of benzene rings is 1. The summed E-state index contributed by atoms with van der Waals surface area (Å²) in [6, 6.07) is 2.31. The third-order valence-electron chi connectivity index (χ3n) is 2.52. The lowest BCUT2D eigenvalue weighted by Gasteiger charge is -2.11. The Morgan fingerprint density at radius 1 is 1.00 bits per heavy atom. The molecule has 0 bridgehead atoms. The lowest BCUT2D eigenvalue weighted by molar-refractivity contribution is -0.0500. The van der Waals surface area contributed by atoms with Crippen LogP contribution in [-0.2, 0) is 10.1 Å².